The van der Waals surface area contributed by atoms with Crippen LogP contribution >= 0.6 is 0 Å². The van der Waals surface area contributed by atoms with Crippen LogP contribution in [0, 0.1) is 5.82 Å². The number of benzene rings is 1. The van der Waals surface area contributed by atoms with Gasteiger partial charge in [0.25, 0.3) is 5.91 Å². The number of aromatic hydroxyl groups is 1. The largest absolute Gasteiger partial charge is 0.508 e. The lowest BCUT2D eigenvalue weighted by Gasteiger charge is -2.03. The van der Waals surface area contributed by atoms with E-state index in [1.807, 2.05) is 0 Å². The molecule has 0 aliphatic carbocycles. The van der Waals surface area contributed by atoms with Crippen molar-refractivity contribution in [2.24, 2.45) is 0 Å². The first kappa shape index (κ1) is 9.51. The molecule has 0 aliphatic heterocycles. The molecule has 4 heteroatoms. The zero-order valence-corrected chi connectivity index (χ0v) is 7.17. The molecule has 0 saturated heterocycles. The van der Waals surface area contributed by atoms with Gasteiger partial charge in [-0.25, -0.2) is 4.39 Å². The standard InChI is InChI=1S/C9H10FNO2/c1-2-11-9(13)7-5-6(12)3-4-8(7)10/h3-5,12H,2H2,1H3,(H,11,13). The van der Waals surface area contributed by atoms with Gasteiger partial charge in [-0.2, -0.15) is 0 Å². The number of halogens is 1. The van der Waals surface area contributed by atoms with Gasteiger partial charge in [0.1, 0.15) is 11.6 Å². The van der Waals surface area contributed by atoms with E-state index in [2.05, 4.69) is 5.32 Å². The van der Waals surface area contributed by atoms with Crippen LogP contribution in [0.5, 0.6) is 5.75 Å². The Bertz CT molecular complexity index is 325. The molecular formula is C9H10FNO2. The zero-order valence-electron chi connectivity index (χ0n) is 7.17. The maximum Gasteiger partial charge on any atom is 0.254 e. The van der Waals surface area contributed by atoms with Gasteiger partial charge < -0.3 is 10.4 Å². The fraction of sp³-hybridized carbons (Fsp3) is 0.222. The van der Waals surface area contributed by atoms with Gasteiger partial charge in [-0.3, -0.25) is 4.79 Å². The summed E-state index contributed by atoms with van der Waals surface area (Å²) in [5.41, 5.74) is -0.137. The molecular weight excluding hydrogens is 173 g/mol. The van der Waals surface area contributed by atoms with Gasteiger partial charge in [-0.15, -0.1) is 0 Å². The van der Waals surface area contributed by atoms with Gasteiger partial charge in [-0.1, -0.05) is 0 Å². The molecule has 0 heterocycles. The maximum atomic E-state index is 13.0. The second-order valence-electron chi connectivity index (χ2n) is 2.52. The number of amides is 1. The van der Waals surface area contributed by atoms with Crippen LogP contribution in [0.25, 0.3) is 0 Å². The molecule has 2 N–H and O–H groups in total. The minimum Gasteiger partial charge on any atom is -0.508 e. The highest BCUT2D eigenvalue weighted by Crippen LogP contribution is 2.14. The van der Waals surface area contributed by atoms with Crippen molar-refractivity contribution < 1.29 is 14.3 Å². The van der Waals surface area contributed by atoms with Crippen LogP contribution < -0.4 is 5.32 Å². The van der Waals surface area contributed by atoms with Gasteiger partial charge in [0.2, 0.25) is 0 Å². The van der Waals surface area contributed by atoms with Gasteiger partial charge in [-0.05, 0) is 25.1 Å². The van der Waals surface area contributed by atoms with Gasteiger partial charge >= 0.3 is 0 Å². The SMILES string of the molecule is CCNC(=O)c1cc(O)ccc1F. The number of phenols is 1. The second kappa shape index (κ2) is 3.89. The molecule has 1 aromatic carbocycles. The number of rotatable bonds is 2. The Morgan fingerprint density at radius 3 is 2.92 bits per heavy atom. The average Bonchev–Trinajstić information content (AvgIpc) is 2.09. The van der Waals surface area contributed by atoms with E-state index in [0.29, 0.717) is 6.54 Å². The Morgan fingerprint density at radius 1 is 1.62 bits per heavy atom. The van der Waals surface area contributed by atoms with Crippen molar-refractivity contribution >= 4 is 5.91 Å². The third-order valence-electron chi connectivity index (χ3n) is 1.53. The van der Waals surface area contributed by atoms with Crippen molar-refractivity contribution in [3.63, 3.8) is 0 Å². The molecule has 0 radical (unpaired) electrons. The summed E-state index contributed by atoms with van der Waals surface area (Å²) in [6.45, 7) is 2.16. The minimum absolute atomic E-state index is 0.123. The summed E-state index contributed by atoms with van der Waals surface area (Å²) in [7, 11) is 0. The van der Waals surface area contributed by atoms with E-state index in [-0.39, 0.29) is 11.3 Å². The Balaban J connectivity index is 2.99. The third kappa shape index (κ3) is 2.18. The summed E-state index contributed by atoms with van der Waals surface area (Å²) >= 11 is 0. The number of hydrogen-bond donors (Lipinski definition) is 2. The molecule has 13 heavy (non-hydrogen) atoms. The van der Waals surface area contributed by atoms with Gasteiger partial charge in [0.05, 0.1) is 5.56 Å². The first-order valence-corrected chi connectivity index (χ1v) is 3.92. The third-order valence-corrected chi connectivity index (χ3v) is 1.53. The molecule has 1 aromatic rings. The predicted octanol–water partition coefficient (Wildman–Crippen LogP) is 1.28. The summed E-state index contributed by atoms with van der Waals surface area (Å²) in [5.74, 6) is -1.28. The molecule has 0 aliphatic rings. The summed E-state index contributed by atoms with van der Waals surface area (Å²) in [6, 6.07) is 3.35. The van der Waals surface area contributed by atoms with Crippen molar-refractivity contribution in [1.82, 2.24) is 5.32 Å². The van der Waals surface area contributed by atoms with Crippen LogP contribution in [-0.4, -0.2) is 17.6 Å². The van der Waals surface area contributed by atoms with Crippen molar-refractivity contribution in [2.45, 2.75) is 6.92 Å². The van der Waals surface area contributed by atoms with Crippen molar-refractivity contribution in [3.8, 4) is 5.75 Å². The molecule has 0 unspecified atom stereocenters. The van der Waals surface area contributed by atoms with Crippen molar-refractivity contribution in [3.05, 3.63) is 29.6 Å². The van der Waals surface area contributed by atoms with Crippen LogP contribution in [0.4, 0.5) is 4.39 Å². The first-order chi connectivity index (χ1) is 6.15. The van der Waals surface area contributed by atoms with Crippen molar-refractivity contribution in [2.75, 3.05) is 6.54 Å². The first-order valence-electron chi connectivity index (χ1n) is 3.92. The summed E-state index contributed by atoms with van der Waals surface area (Å²) in [5, 5.41) is 11.4. The highest BCUT2D eigenvalue weighted by Gasteiger charge is 2.10. The van der Waals surface area contributed by atoms with Gasteiger partial charge in [0, 0.05) is 6.54 Å². The molecule has 0 atom stereocenters. The molecule has 70 valence electrons. The van der Waals surface area contributed by atoms with Crippen LogP contribution in [0.3, 0.4) is 0 Å². The van der Waals surface area contributed by atoms with Crippen LogP contribution in [0.1, 0.15) is 17.3 Å². The van der Waals surface area contributed by atoms with E-state index in [1.54, 1.807) is 6.92 Å². The lowest BCUT2D eigenvalue weighted by Crippen LogP contribution is -2.23. The number of phenolic OH excluding ortho intramolecular Hbond substituents is 1. The maximum absolute atomic E-state index is 13.0. The monoisotopic (exact) mass is 183 g/mol. The highest BCUT2D eigenvalue weighted by atomic mass is 19.1. The fourth-order valence-electron chi connectivity index (χ4n) is 0.943. The normalized spacial score (nSPS) is 9.69. The lowest BCUT2D eigenvalue weighted by molar-refractivity contribution is 0.0951. The van der Waals surface area contributed by atoms with E-state index < -0.39 is 11.7 Å². The minimum atomic E-state index is -0.635. The van der Waals surface area contributed by atoms with E-state index in [0.717, 1.165) is 12.1 Å². The van der Waals surface area contributed by atoms with Crippen LogP contribution in [0.15, 0.2) is 18.2 Å². The second-order valence-corrected chi connectivity index (χ2v) is 2.52. The quantitative estimate of drug-likeness (QED) is 0.725. The van der Waals surface area contributed by atoms with Crippen LogP contribution in [-0.2, 0) is 0 Å². The molecule has 0 saturated carbocycles. The zero-order chi connectivity index (χ0) is 9.84. The highest BCUT2D eigenvalue weighted by molar-refractivity contribution is 5.94. The topological polar surface area (TPSA) is 49.3 Å². The Kier molecular flexibility index (Phi) is 2.84. The number of carbonyl (C=O) groups excluding carboxylic acids is 1. The van der Waals surface area contributed by atoms with E-state index >= 15 is 0 Å². The Labute approximate surface area is 75.2 Å². The molecule has 0 spiro atoms. The summed E-state index contributed by atoms with van der Waals surface area (Å²) in [4.78, 5) is 11.2. The summed E-state index contributed by atoms with van der Waals surface area (Å²) in [6.07, 6.45) is 0. The van der Waals surface area contributed by atoms with Gasteiger partial charge in [0.15, 0.2) is 0 Å². The summed E-state index contributed by atoms with van der Waals surface area (Å²) < 4.78 is 13.0. The van der Waals surface area contributed by atoms with E-state index in [1.165, 1.54) is 6.07 Å². The van der Waals surface area contributed by atoms with E-state index in [4.69, 9.17) is 5.11 Å². The molecule has 0 fully saturated rings. The smallest absolute Gasteiger partial charge is 0.254 e. The number of hydrogen-bond acceptors (Lipinski definition) is 2. The predicted molar refractivity (Wildman–Crippen MR) is 46.1 cm³/mol. The van der Waals surface area contributed by atoms with E-state index in [9.17, 15) is 9.18 Å². The molecule has 1 amide bonds. The number of nitrogens with one attached hydrogen (secondary N) is 1. The number of carbonyl (C=O) groups is 1. The Hall–Kier alpha value is -1.58. The molecule has 1 rings (SSSR count). The van der Waals surface area contributed by atoms with Crippen molar-refractivity contribution in [1.29, 1.82) is 0 Å². The van der Waals surface area contributed by atoms with Crippen LogP contribution in [0.2, 0.25) is 0 Å². The lowest BCUT2D eigenvalue weighted by atomic mass is 10.2. The molecule has 0 aromatic heterocycles. The average molecular weight is 183 g/mol. The molecule has 3 nitrogen and oxygen atoms in total. The molecule has 0 bridgehead atoms. The Morgan fingerprint density at radius 2 is 2.31 bits per heavy atom. The fourth-order valence-corrected chi connectivity index (χ4v) is 0.943.